The maximum absolute atomic E-state index is 4.71. The van der Waals surface area contributed by atoms with Crippen LogP contribution in [0.1, 0.15) is 64.3 Å². The van der Waals surface area contributed by atoms with Crippen LogP contribution in [0.3, 0.4) is 0 Å². The minimum atomic E-state index is 0.228. The highest BCUT2D eigenvalue weighted by molar-refractivity contribution is 5.22. The van der Waals surface area contributed by atoms with Gasteiger partial charge in [0.2, 0.25) is 0 Å². The maximum atomic E-state index is 4.71. The van der Waals surface area contributed by atoms with E-state index in [1.807, 2.05) is 6.20 Å². The standard InChI is InChI=1S/C23H39N5/c1-18(27-12-7-23(8-13-27)6-10-26-23)15-20-16-19(5-9-24-20)21-17-28(14-11-25-21)22(2,3)4/h5,9,16,18,21,25-26H,6-8,10-15,17H2,1-4H3. The number of piperazine rings is 1. The highest BCUT2D eigenvalue weighted by atomic mass is 15.2. The van der Waals surface area contributed by atoms with Crippen molar-refractivity contribution in [2.45, 2.75) is 76.5 Å². The number of hydrogen-bond acceptors (Lipinski definition) is 5. The summed E-state index contributed by atoms with van der Waals surface area (Å²) >= 11 is 0. The molecule has 2 unspecified atom stereocenters. The monoisotopic (exact) mass is 385 g/mol. The molecular weight excluding hydrogens is 346 g/mol. The molecule has 0 amide bonds. The lowest BCUT2D eigenvalue weighted by Crippen LogP contribution is -2.62. The fourth-order valence-electron chi connectivity index (χ4n) is 5.14. The molecule has 4 rings (SSSR count). The van der Waals surface area contributed by atoms with Gasteiger partial charge in [-0.3, -0.25) is 9.88 Å². The van der Waals surface area contributed by atoms with Gasteiger partial charge in [0.25, 0.3) is 0 Å². The van der Waals surface area contributed by atoms with E-state index in [0.717, 1.165) is 26.1 Å². The predicted octanol–water partition coefficient (Wildman–Crippen LogP) is 2.59. The smallest absolute Gasteiger partial charge is 0.0451 e. The number of pyridine rings is 1. The van der Waals surface area contributed by atoms with Crippen LogP contribution in [0.4, 0.5) is 0 Å². The van der Waals surface area contributed by atoms with Gasteiger partial charge in [0.05, 0.1) is 0 Å². The van der Waals surface area contributed by atoms with Crippen molar-refractivity contribution in [2.75, 3.05) is 39.3 Å². The zero-order valence-electron chi connectivity index (χ0n) is 18.3. The summed E-state index contributed by atoms with van der Waals surface area (Å²) in [5.41, 5.74) is 3.34. The van der Waals surface area contributed by atoms with E-state index in [1.54, 1.807) is 0 Å². The number of rotatable bonds is 4. The minimum absolute atomic E-state index is 0.228. The molecule has 5 heteroatoms. The summed E-state index contributed by atoms with van der Waals surface area (Å²) in [6.07, 6.45) is 7.04. The van der Waals surface area contributed by atoms with E-state index >= 15 is 0 Å². The number of aromatic nitrogens is 1. The zero-order chi connectivity index (χ0) is 19.8. The summed E-state index contributed by atoms with van der Waals surface area (Å²) in [4.78, 5) is 9.97. The lowest BCUT2D eigenvalue weighted by atomic mass is 9.78. The average Bonchev–Trinajstić information content (AvgIpc) is 2.66. The second kappa shape index (κ2) is 8.02. The molecule has 1 spiro atoms. The van der Waals surface area contributed by atoms with Gasteiger partial charge in [0.1, 0.15) is 0 Å². The molecule has 156 valence electrons. The van der Waals surface area contributed by atoms with Gasteiger partial charge in [0.15, 0.2) is 0 Å². The van der Waals surface area contributed by atoms with Gasteiger partial charge < -0.3 is 15.5 Å². The fraction of sp³-hybridized carbons (Fsp3) is 0.783. The van der Waals surface area contributed by atoms with Crippen molar-refractivity contribution >= 4 is 0 Å². The highest BCUT2D eigenvalue weighted by Crippen LogP contribution is 2.32. The molecule has 2 atom stereocenters. The summed E-state index contributed by atoms with van der Waals surface area (Å²) in [7, 11) is 0. The first-order valence-corrected chi connectivity index (χ1v) is 11.3. The summed E-state index contributed by atoms with van der Waals surface area (Å²) in [6, 6.07) is 5.51. The van der Waals surface area contributed by atoms with Crippen LogP contribution in [0, 0.1) is 0 Å². The molecule has 3 aliphatic heterocycles. The topological polar surface area (TPSA) is 43.4 Å². The number of nitrogens with zero attached hydrogens (tertiary/aromatic N) is 3. The maximum Gasteiger partial charge on any atom is 0.0451 e. The average molecular weight is 386 g/mol. The van der Waals surface area contributed by atoms with Crippen molar-refractivity contribution in [1.29, 1.82) is 0 Å². The Bertz CT molecular complexity index is 653. The third kappa shape index (κ3) is 4.43. The van der Waals surface area contributed by atoms with Gasteiger partial charge in [-0.05, 0) is 71.2 Å². The molecule has 0 aliphatic carbocycles. The summed E-state index contributed by atoms with van der Waals surface area (Å²) in [6.45, 7) is 16.2. The molecule has 4 heterocycles. The summed E-state index contributed by atoms with van der Waals surface area (Å²) < 4.78 is 0. The van der Waals surface area contributed by atoms with Gasteiger partial charge in [-0.15, -0.1) is 0 Å². The van der Waals surface area contributed by atoms with E-state index in [9.17, 15) is 0 Å². The molecule has 28 heavy (non-hydrogen) atoms. The number of nitrogens with one attached hydrogen (secondary N) is 2. The van der Waals surface area contributed by atoms with Crippen LogP contribution in [0.5, 0.6) is 0 Å². The first-order chi connectivity index (χ1) is 13.3. The molecular formula is C23H39N5. The van der Waals surface area contributed by atoms with Crippen LogP contribution in [0.2, 0.25) is 0 Å². The van der Waals surface area contributed by atoms with Gasteiger partial charge in [-0.25, -0.2) is 0 Å². The SMILES string of the molecule is CC(Cc1cc(C2CN(C(C)(C)C)CCN2)ccn1)N1CCC2(CCN2)CC1. The zero-order valence-corrected chi connectivity index (χ0v) is 18.3. The van der Waals surface area contributed by atoms with Crippen molar-refractivity contribution in [3.05, 3.63) is 29.6 Å². The quantitative estimate of drug-likeness (QED) is 0.834. The Morgan fingerprint density at radius 3 is 2.57 bits per heavy atom. The molecule has 0 bridgehead atoms. The van der Waals surface area contributed by atoms with Crippen molar-refractivity contribution in [3.63, 3.8) is 0 Å². The molecule has 3 aliphatic rings. The molecule has 2 N–H and O–H groups in total. The van der Waals surface area contributed by atoms with E-state index in [-0.39, 0.29) is 5.54 Å². The van der Waals surface area contributed by atoms with Crippen molar-refractivity contribution in [3.8, 4) is 0 Å². The molecule has 1 aromatic heterocycles. The Morgan fingerprint density at radius 2 is 1.93 bits per heavy atom. The Balaban J connectivity index is 1.36. The normalized spacial score (nSPS) is 27.5. The van der Waals surface area contributed by atoms with Gasteiger partial charge >= 0.3 is 0 Å². The van der Waals surface area contributed by atoms with Crippen LogP contribution in [0.25, 0.3) is 0 Å². The van der Waals surface area contributed by atoms with Crippen LogP contribution < -0.4 is 10.6 Å². The lowest BCUT2D eigenvalue weighted by Gasteiger charge is -2.50. The Labute approximate surface area is 171 Å². The molecule has 5 nitrogen and oxygen atoms in total. The molecule has 1 aromatic rings. The first-order valence-electron chi connectivity index (χ1n) is 11.3. The second-order valence-corrected chi connectivity index (χ2v) is 10.3. The minimum Gasteiger partial charge on any atom is -0.311 e. The van der Waals surface area contributed by atoms with Crippen molar-refractivity contribution in [2.24, 2.45) is 0 Å². The van der Waals surface area contributed by atoms with E-state index in [2.05, 4.69) is 60.3 Å². The highest BCUT2D eigenvalue weighted by Gasteiger charge is 2.39. The number of piperidine rings is 1. The molecule has 3 saturated heterocycles. The van der Waals surface area contributed by atoms with Crippen molar-refractivity contribution < 1.29 is 0 Å². The van der Waals surface area contributed by atoms with Crippen LogP contribution in [-0.4, -0.2) is 71.2 Å². The third-order valence-corrected chi connectivity index (χ3v) is 7.35. The van der Waals surface area contributed by atoms with E-state index in [4.69, 9.17) is 4.98 Å². The molecule has 0 saturated carbocycles. The van der Waals surface area contributed by atoms with Gasteiger partial charge in [0, 0.05) is 74.2 Å². The summed E-state index contributed by atoms with van der Waals surface area (Å²) in [5, 5.41) is 7.39. The van der Waals surface area contributed by atoms with E-state index < -0.39 is 0 Å². The molecule has 3 fully saturated rings. The van der Waals surface area contributed by atoms with Crippen LogP contribution in [0.15, 0.2) is 18.3 Å². The van der Waals surface area contributed by atoms with Crippen LogP contribution in [-0.2, 0) is 6.42 Å². The van der Waals surface area contributed by atoms with E-state index in [1.165, 1.54) is 50.2 Å². The second-order valence-electron chi connectivity index (χ2n) is 10.3. The summed E-state index contributed by atoms with van der Waals surface area (Å²) in [5.74, 6) is 0. The largest absolute Gasteiger partial charge is 0.311 e. The number of hydrogen-bond donors (Lipinski definition) is 2. The Morgan fingerprint density at radius 1 is 1.18 bits per heavy atom. The predicted molar refractivity (Wildman–Crippen MR) is 116 cm³/mol. The van der Waals surface area contributed by atoms with Gasteiger partial charge in [-0.2, -0.15) is 0 Å². The first kappa shape index (κ1) is 20.3. The molecule has 0 aromatic carbocycles. The number of likely N-dealkylation sites (tertiary alicyclic amines) is 1. The fourth-order valence-corrected chi connectivity index (χ4v) is 5.14. The lowest BCUT2D eigenvalue weighted by molar-refractivity contribution is 0.0645. The van der Waals surface area contributed by atoms with Gasteiger partial charge in [-0.1, -0.05) is 0 Å². The van der Waals surface area contributed by atoms with Crippen molar-refractivity contribution in [1.82, 2.24) is 25.4 Å². The van der Waals surface area contributed by atoms with E-state index in [0.29, 0.717) is 17.6 Å². The van der Waals surface area contributed by atoms with Crippen LogP contribution >= 0.6 is 0 Å². The third-order valence-electron chi connectivity index (χ3n) is 7.35. The molecule has 0 radical (unpaired) electrons. The Hall–Kier alpha value is -1.01. The Kier molecular flexibility index (Phi) is 5.81.